The molecule has 0 spiro atoms. The van der Waals surface area contributed by atoms with Gasteiger partial charge in [0.1, 0.15) is 18.4 Å². The Kier molecular flexibility index (Phi) is 11.0. The van der Waals surface area contributed by atoms with Crippen molar-refractivity contribution >= 4 is 50.7 Å². The van der Waals surface area contributed by atoms with Gasteiger partial charge >= 0.3 is 0 Å². The van der Waals surface area contributed by atoms with Crippen LogP contribution in [0.5, 0.6) is 0 Å². The Morgan fingerprint density at radius 3 is 2.23 bits per heavy atom. The highest BCUT2D eigenvalue weighted by atomic mass is 35.5. The van der Waals surface area contributed by atoms with Crippen LogP contribution in [0, 0.1) is 12.7 Å². The zero-order valence-electron chi connectivity index (χ0n) is 22.5. The van der Waals surface area contributed by atoms with E-state index in [0.29, 0.717) is 12.1 Å². The third kappa shape index (κ3) is 7.96. The SMILES string of the molecule is CCCCNC(=O)[C@@H](C)N(Cc1ccc(F)cc1)C(=O)CN(c1ccc(Cl)c(Cl)c1)S(=O)(=O)c1ccc(C)cc1. The number of rotatable bonds is 12. The molecule has 0 saturated heterocycles. The van der Waals surface area contributed by atoms with Crippen LogP contribution in [-0.2, 0) is 26.2 Å². The van der Waals surface area contributed by atoms with Gasteiger partial charge in [0.25, 0.3) is 10.0 Å². The van der Waals surface area contributed by atoms with Gasteiger partial charge in [-0.1, -0.05) is 66.4 Å². The lowest BCUT2D eigenvalue weighted by Gasteiger charge is -2.32. The summed E-state index contributed by atoms with van der Waals surface area (Å²) in [6.45, 7) is 5.17. The number of carbonyl (C=O) groups excluding carboxylic acids is 2. The van der Waals surface area contributed by atoms with Crippen LogP contribution in [0.15, 0.2) is 71.6 Å². The number of halogens is 3. The van der Waals surface area contributed by atoms with E-state index in [1.54, 1.807) is 19.1 Å². The zero-order chi connectivity index (χ0) is 29.4. The number of sulfonamides is 1. The van der Waals surface area contributed by atoms with Crippen LogP contribution >= 0.6 is 23.2 Å². The fourth-order valence-corrected chi connectivity index (χ4v) is 5.61. The average molecular weight is 609 g/mol. The second kappa shape index (κ2) is 14.0. The Hall–Kier alpha value is -3.14. The van der Waals surface area contributed by atoms with Gasteiger partial charge in [-0.25, -0.2) is 12.8 Å². The number of aryl methyl sites for hydroxylation is 1. The van der Waals surface area contributed by atoms with Crippen molar-refractivity contribution in [3.8, 4) is 0 Å². The van der Waals surface area contributed by atoms with Crippen LogP contribution in [0.2, 0.25) is 10.0 Å². The molecule has 0 saturated carbocycles. The summed E-state index contributed by atoms with van der Waals surface area (Å²) in [4.78, 5) is 28.1. The van der Waals surface area contributed by atoms with E-state index in [2.05, 4.69) is 5.32 Å². The molecule has 3 rings (SSSR count). The molecule has 0 fully saturated rings. The molecule has 0 aliphatic carbocycles. The predicted octanol–water partition coefficient (Wildman–Crippen LogP) is 5.97. The Bertz CT molecular complexity index is 1430. The Morgan fingerprint density at radius 2 is 1.62 bits per heavy atom. The molecule has 7 nitrogen and oxygen atoms in total. The van der Waals surface area contributed by atoms with Gasteiger partial charge < -0.3 is 10.2 Å². The lowest BCUT2D eigenvalue weighted by Crippen LogP contribution is -2.51. The minimum atomic E-state index is -4.24. The fraction of sp³-hybridized carbons (Fsp3) is 0.310. The number of anilines is 1. The third-order valence-corrected chi connectivity index (χ3v) is 8.87. The van der Waals surface area contributed by atoms with Crippen molar-refractivity contribution in [1.29, 1.82) is 0 Å². The van der Waals surface area contributed by atoms with Gasteiger partial charge in [-0.3, -0.25) is 13.9 Å². The molecule has 0 aromatic heterocycles. The van der Waals surface area contributed by atoms with Gasteiger partial charge in [0, 0.05) is 13.1 Å². The topological polar surface area (TPSA) is 86.8 Å². The van der Waals surface area contributed by atoms with Gasteiger partial charge in [-0.05, 0) is 68.3 Å². The summed E-state index contributed by atoms with van der Waals surface area (Å²) >= 11 is 12.3. The molecule has 0 bridgehead atoms. The monoisotopic (exact) mass is 607 g/mol. The highest BCUT2D eigenvalue weighted by Crippen LogP contribution is 2.31. The summed E-state index contributed by atoms with van der Waals surface area (Å²) in [6, 6.07) is 15.1. The first kappa shape index (κ1) is 31.4. The lowest BCUT2D eigenvalue weighted by atomic mass is 10.1. The van der Waals surface area contributed by atoms with E-state index in [9.17, 15) is 22.4 Å². The molecular weight excluding hydrogens is 576 g/mol. The second-order valence-corrected chi connectivity index (χ2v) is 12.1. The van der Waals surface area contributed by atoms with Gasteiger partial charge in [0.05, 0.1) is 20.6 Å². The average Bonchev–Trinajstić information content (AvgIpc) is 2.92. The molecular formula is C29H32Cl2FN3O4S. The van der Waals surface area contributed by atoms with Crippen LogP contribution in [-0.4, -0.2) is 44.3 Å². The zero-order valence-corrected chi connectivity index (χ0v) is 24.9. The smallest absolute Gasteiger partial charge is 0.264 e. The van der Waals surface area contributed by atoms with E-state index in [0.717, 1.165) is 22.7 Å². The molecule has 40 heavy (non-hydrogen) atoms. The molecule has 0 aliphatic rings. The van der Waals surface area contributed by atoms with Crippen molar-refractivity contribution < 1.29 is 22.4 Å². The van der Waals surface area contributed by atoms with Crippen LogP contribution in [0.3, 0.4) is 0 Å². The lowest BCUT2D eigenvalue weighted by molar-refractivity contribution is -0.139. The number of hydrogen-bond acceptors (Lipinski definition) is 4. The highest BCUT2D eigenvalue weighted by molar-refractivity contribution is 7.92. The number of amides is 2. The van der Waals surface area contributed by atoms with Crippen LogP contribution in [0.25, 0.3) is 0 Å². The number of carbonyl (C=O) groups is 2. The summed E-state index contributed by atoms with van der Waals surface area (Å²) in [5.74, 6) is -1.46. The van der Waals surface area contributed by atoms with E-state index in [1.165, 1.54) is 59.5 Å². The summed E-state index contributed by atoms with van der Waals surface area (Å²) < 4.78 is 42.1. The summed E-state index contributed by atoms with van der Waals surface area (Å²) in [6.07, 6.45) is 1.65. The number of hydrogen-bond donors (Lipinski definition) is 1. The molecule has 1 atom stereocenters. The van der Waals surface area contributed by atoms with E-state index in [1.807, 2.05) is 13.8 Å². The van der Waals surface area contributed by atoms with Crippen molar-refractivity contribution in [2.45, 2.75) is 51.1 Å². The van der Waals surface area contributed by atoms with Crippen molar-refractivity contribution in [2.24, 2.45) is 0 Å². The largest absolute Gasteiger partial charge is 0.354 e. The van der Waals surface area contributed by atoms with E-state index in [4.69, 9.17) is 23.2 Å². The standard InChI is InChI=1S/C29H32Cl2FN3O4S/c1-4-5-16-33-29(37)21(3)34(18-22-8-10-23(32)11-9-22)28(36)19-35(24-12-15-26(30)27(31)17-24)40(38,39)25-13-6-20(2)7-14-25/h6-15,17,21H,4-5,16,18-19H2,1-3H3,(H,33,37)/t21-/m1/s1. The molecule has 0 aliphatic heterocycles. The summed E-state index contributed by atoms with van der Waals surface area (Å²) in [5.41, 5.74) is 1.57. The van der Waals surface area contributed by atoms with Crippen LogP contribution in [0.1, 0.15) is 37.8 Å². The molecule has 3 aromatic carbocycles. The molecule has 1 N–H and O–H groups in total. The number of unbranched alkanes of at least 4 members (excludes halogenated alkanes) is 1. The minimum Gasteiger partial charge on any atom is -0.354 e. The molecule has 3 aromatic rings. The minimum absolute atomic E-state index is 0.0209. The summed E-state index contributed by atoms with van der Waals surface area (Å²) in [5, 5.41) is 3.15. The maximum atomic E-state index is 13.9. The number of nitrogens with zero attached hydrogens (tertiary/aromatic N) is 2. The third-order valence-electron chi connectivity index (χ3n) is 6.34. The molecule has 0 unspecified atom stereocenters. The van der Waals surface area contributed by atoms with E-state index in [-0.39, 0.29) is 33.1 Å². The Labute approximate surface area is 244 Å². The normalized spacial score (nSPS) is 12.1. The molecule has 2 amide bonds. The molecule has 0 heterocycles. The van der Waals surface area contributed by atoms with Gasteiger partial charge in [-0.2, -0.15) is 0 Å². The first-order valence-electron chi connectivity index (χ1n) is 12.8. The maximum absolute atomic E-state index is 13.9. The van der Waals surface area contributed by atoms with Gasteiger partial charge in [0.15, 0.2) is 0 Å². The number of benzene rings is 3. The highest BCUT2D eigenvalue weighted by Gasteiger charge is 2.32. The Balaban J connectivity index is 2.02. The predicted molar refractivity (Wildman–Crippen MR) is 157 cm³/mol. The first-order valence-corrected chi connectivity index (χ1v) is 15.0. The van der Waals surface area contributed by atoms with Crippen molar-refractivity contribution in [2.75, 3.05) is 17.4 Å². The van der Waals surface area contributed by atoms with Crippen molar-refractivity contribution in [1.82, 2.24) is 10.2 Å². The van der Waals surface area contributed by atoms with Gasteiger partial charge in [-0.15, -0.1) is 0 Å². The molecule has 0 radical (unpaired) electrons. The maximum Gasteiger partial charge on any atom is 0.264 e. The molecule has 11 heteroatoms. The quantitative estimate of drug-likeness (QED) is 0.257. The second-order valence-electron chi connectivity index (χ2n) is 9.39. The van der Waals surface area contributed by atoms with Crippen LogP contribution in [0.4, 0.5) is 10.1 Å². The molecule has 214 valence electrons. The van der Waals surface area contributed by atoms with Gasteiger partial charge in [0.2, 0.25) is 11.8 Å². The number of nitrogens with one attached hydrogen (secondary N) is 1. The van der Waals surface area contributed by atoms with Crippen molar-refractivity contribution in [3.05, 3.63) is 93.7 Å². The van der Waals surface area contributed by atoms with Crippen molar-refractivity contribution in [3.63, 3.8) is 0 Å². The Morgan fingerprint density at radius 1 is 0.975 bits per heavy atom. The van der Waals surface area contributed by atoms with E-state index < -0.39 is 34.3 Å². The van der Waals surface area contributed by atoms with Crippen LogP contribution < -0.4 is 9.62 Å². The fourth-order valence-electron chi connectivity index (χ4n) is 3.91. The first-order chi connectivity index (χ1) is 18.9. The van der Waals surface area contributed by atoms with E-state index >= 15 is 0 Å². The summed E-state index contributed by atoms with van der Waals surface area (Å²) in [7, 11) is -4.24.